The summed E-state index contributed by atoms with van der Waals surface area (Å²) in [6.45, 7) is 2.04. The van der Waals surface area contributed by atoms with Crippen LogP contribution in [0.2, 0.25) is 0 Å². The molecule has 1 aliphatic carbocycles. The first-order chi connectivity index (χ1) is 9.54. The summed E-state index contributed by atoms with van der Waals surface area (Å²) in [5.41, 5.74) is 8.99. The Bertz CT molecular complexity index is 894. The lowest BCUT2D eigenvalue weighted by molar-refractivity contribution is 0.627. The van der Waals surface area contributed by atoms with Crippen LogP contribution in [0.1, 0.15) is 17.0 Å². The molecule has 1 aromatic heterocycles. The van der Waals surface area contributed by atoms with Crippen molar-refractivity contribution >= 4 is 42.3 Å². The van der Waals surface area contributed by atoms with E-state index in [2.05, 4.69) is 11.1 Å². The third kappa shape index (κ3) is 2.28. The highest BCUT2D eigenvalue weighted by Crippen LogP contribution is 2.31. The average molecular weight is 304 g/mol. The highest BCUT2D eigenvalue weighted by Gasteiger charge is 2.17. The summed E-state index contributed by atoms with van der Waals surface area (Å²) >= 11 is 1.57. The maximum absolute atomic E-state index is 11.2. The zero-order valence-electron chi connectivity index (χ0n) is 10.8. The first-order valence-electron chi connectivity index (χ1n) is 6.04. The Morgan fingerprint density at radius 2 is 2.10 bits per heavy atom. The van der Waals surface area contributed by atoms with E-state index in [1.165, 1.54) is 5.56 Å². The Morgan fingerprint density at radius 1 is 1.30 bits per heavy atom. The van der Waals surface area contributed by atoms with E-state index in [-0.39, 0.29) is 4.86 Å². The largest absolute Gasteiger partial charge is 0.398 e. The molecule has 0 saturated heterocycles. The second-order valence-corrected chi connectivity index (χ2v) is 6.63. The fraction of sp³-hybridized carbons (Fsp3) is 0.143. The molecule has 0 unspecified atom stereocenters. The minimum absolute atomic E-state index is 0.234. The molecule has 4 nitrogen and oxygen atoms in total. The normalized spacial score (nSPS) is 15.2. The fourth-order valence-corrected chi connectivity index (χ4v) is 3.71. The molecule has 1 aromatic carbocycles. The molecule has 1 heterocycles. The van der Waals surface area contributed by atoms with Crippen LogP contribution >= 0.6 is 11.3 Å². The van der Waals surface area contributed by atoms with Gasteiger partial charge in [-0.1, -0.05) is 12.1 Å². The molecule has 0 aliphatic heterocycles. The Balaban J connectivity index is 2.10. The smallest absolute Gasteiger partial charge is 0.219 e. The molecule has 0 saturated carbocycles. The molecule has 0 amide bonds. The number of allylic oxidation sites excluding steroid dienone is 4. The molecule has 0 radical (unpaired) electrons. The SMILES string of the molecule is Cc1ccc2nc(C3=CC=C(N)C(=S(=O)=O)C3)sc2c1. The van der Waals surface area contributed by atoms with Crippen molar-refractivity contribution in [3.05, 3.63) is 46.6 Å². The van der Waals surface area contributed by atoms with Gasteiger partial charge in [-0.05, 0) is 36.3 Å². The molecule has 2 aromatic rings. The van der Waals surface area contributed by atoms with Gasteiger partial charge in [0.25, 0.3) is 0 Å². The minimum atomic E-state index is -2.29. The average Bonchev–Trinajstić information content (AvgIpc) is 2.81. The van der Waals surface area contributed by atoms with E-state index in [0.717, 1.165) is 20.8 Å². The number of fused-ring (bicyclic) bond motifs is 1. The maximum Gasteiger partial charge on any atom is 0.219 e. The van der Waals surface area contributed by atoms with Gasteiger partial charge in [-0.3, -0.25) is 0 Å². The van der Waals surface area contributed by atoms with Gasteiger partial charge in [0.2, 0.25) is 10.3 Å². The lowest BCUT2D eigenvalue weighted by atomic mass is 10.0. The van der Waals surface area contributed by atoms with Crippen LogP contribution in [0.5, 0.6) is 0 Å². The highest BCUT2D eigenvalue weighted by atomic mass is 32.2. The molecule has 20 heavy (non-hydrogen) atoms. The predicted octanol–water partition coefficient (Wildman–Crippen LogP) is 2.29. The van der Waals surface area contributed by atoms with Crippen molar-refractivity contribution < 1.29 is 8.42 Å². The van der Waals surface area contributed by atoms with Gasteiger partial charge in [-0.15, -0.1) is 11.3 Å². The Hall–Kier alpha value is -1.92. The summed E-state index contributed by atoms with van der Waals surface area (Å²) in [5, 5.41) is 0.845. The third-order valence-electron chi connectivity index (χ3n) is 3.16. The molecule has 6 heteroatoms. The summed E-state index contributed by atoms with van der Waals surface area (Å²) < 4.78 is 23.4. The first-order valence-corrected chi connectivity index (χ1v) is 7.93. The van der Waals surface area contributed by atoms with Crippen LogP contribution in [0, 0.1) is 6.92 Å². The minimum Gasteiger partial charge on any atom is -0.398 e. The molecule has 1 aliphatic rings. The van der Waals surface area contributed by atoms with Crippen molar-refractivity contribution in [2.75, 3.05) is 0 Å². The van der Waals surface area contributed by atoms with Crippen LogP contribution in [0.3, 0.4) is 0 Å². The van der Waals surface area contributed by atoms with E-state index in [4.69, 9.17) is 5.73 Å². The predicted molar refractivity (Wildman–Crippen MR) is 83.1 cm³/mol. The molecule has 0 fully saturated rings. The van der Waals surface area contributed by atoms with Gasteiger partial charge in [0.05, 0.1) is 20.8 Å². The van der Waals surface area contributed by atoms with E-state index in [1.807, 2.05) is 25.1 Å². The van der Waals surface area contributed by atoms with E-state index in [0.29, 0.717) is 12.1 Å². The zero-order valence-corrected chi connectivity index (χ0v) is 12.4. The first kappa shape index (κ1) is 13.1. The van der Waals surface area contributed by atoms with E-state index < -0.39 is 10.3 Å². The summed E-state index contributed by atoms with van der Waals surface area (Å²) in [4.78, 5) is 4.80. The monoisotopic (exact) mass is 304 g/mol. The van der Waals surface area contributed by atoms with Crippen LogP contribution in [0.15, 0.2) is 36.0 Å². The van der Waals surface area contributed by atoms with E-state index >= 15 is 0 Å². The van der Waals surface area contributed by atoms with E-state index in [9.17, 15) is 8.42 Å². The second kappa shape index (κ2) is 4.88. The lowest BCUT2D eigenvalue weighted by Crippen LogP contribution is -2.15. The quantitative estimate of drug-likeness (QED) is 0.820. The lowest BCUT2D eigenvalue weighted by Gasteiger charge is -2.09. The summed E-state index contributed by atoms with van der Waals surface area (Å²) in [6, 6.07) is 6.08. The third-order valence-corrected chi connectivity index (χ3v) is 5.03. The van der Waals surface area contributed by atoms with Gasteiger partial charge in [-0.2, -0.15) is 8.42 Å². The number of hydrogen-bond acceptors (Lipinski definition) is 5. The van der Waals surface area contributed by atoms with Gasteiger partial charge < -0.3 is 5.73 Å². The van der Waals surface area contributed by atoms with Gasteiger partial charge in [0, 0.05) is 6.42 Å². The van der Waals surface area contributed by atoms with Crippen molar-refractivity contribution in [1.29, 1.82) is 0 Å². The van der Waals surface area contributed by atoms with Gasteiger partial charge in [0.1, 0.15) is 5.01 Å². The highest BCUT2D eigenvalue weighted by molar-refractivity contribution is 7.73. The molecular formula is C14H12N2O2S2. The number of thiazole rings is 1. The molecule has 0 atom stereocenters. The number of nitrogens with two attached hydrogens (primary N) is 1. The van der Waals surface area contributed by atoms with Crippen molar-refractivity contribution in [2.45, 2.75) is 13.3 Å². The summed E-state index contributed by atoms with van der Waals surface area (Å²) in [5.74, 6) is 0. The summed E-state index contributed by atoms with van der Waals surface area (Å²) in [6.07, 6.45) is 3.77. The molecule has 0 spiro atoms. The van der Waals surface area contributed by atoms with Crippen molar-refractivity contribution in [2.24, 2.45) is 5.73 Å². The van der Waals surface area contributed by atoms with Crippen molar-refractivity contribution in [3.8, 4) is 0 Å². The van der Waals surface area contributed by atoms with Crippen molar-refractivity contribution in [3.63, 3.8) is 0 Å². The van der Waals surface area contributed by atoms with Gasteiger partial charge in [-0.25, -0.2) is 4.98 Å². The van der Waals surface area contributed by atoms with Crippen molar-refractivity contribution in [1.82, 2.24) is 4.98 Å². The molecule has 2 N–H and O–H groups in total. The number of benzene rings is 1. The van der Waals surface area contributed by atoms with E-state index in [1.54, 1.807) is 17.4 Å². The molecule has 3 rings (SSSR count). The van der Waals surface area contributed by atoms with Gasteiger partial charge >= 0.3 is 0 Å². The Kier molecular flexibility index (Phi) is 3.19. The van der Waals surface area contributed by atoms with Crippen LogP contribution in [0.25, 0.3) is 15.8 Å². The molecular weight excluding hydrogens is 292 g/mol. The second-order valence-electron chi connectivity index (χ2n) is 4.64. The maximum atomic E-state index is 11.2. The Morgan fingerprint density at radius 3 is 2.85 bits per heavy atom. The standard InChI is InChI=1S/C14H12N2O2S2/c1-8-2-5-11-12(6-8)19-14(16-11)9-3-4-10(15)13(7-9)20(17)18/h2-6H,7,15H2,1H3. The zero-order chi connectivity index (χ0) is 14.3. The fourth-order valence-electron chi connectivity index (χ4n) is 2.09. The van der Waals surface area contributed by atoms with Crippen LogP contribution in [-0.2, 0) is 10.3 Å². The van der Waals surface area contributed by atoms with Crippen LogP contribution in [0.4, 0.5) is 0 Å². The molecule has 0 bridgehead atoms. The summed E-state index contributed by atoms with van der Waals surface area (Å²) in [7, 11) is -2.29. The number of aromatic nitrogens is 1. The number of aryl methyl sites for hydroxylation is 1. The number of rotatable bonds is 1. The Labute approximate surface area is 121 Å². The number of nitrogens with zero attached hydrogens (tertiary/aromatic N) is 1. The van der Waals surface area contributed by atoms with Crippen LogP contribution in [-0.4, -0.2) is 18.3 Å². The van der Waals surface area contributed by atoms with Crippen LogP contribution < -0.4 is 5.73 Å². The number of hydrogen-bond donors (Lipinski definition) is 1. The topological polar surface area (TPSA) is 73.0 Å². The molecule has 102 valence electrons. The van der Waals surface area contributed by atoms with Gasteiger partial charge in [0.15, 0.2) is 0 Å².